The highest BCUT2D eigenvalue weighted by atomic mass is 19.3. The van der Waals surface area contributed by atoms with E-state index in [2.05, 4.69) is 23.8 Å². The first kappa shape index (κ1) is 23.8. The lowest BCUT2D eigenvalue weighted by Gasteiger charge is -2.28. The zero-order valence-electron chi connectivity index (χ0n) is 17.7. The maximum Gasteiger partial charge on any atom is 0.429 e. The molecular formula is C25H24F5NO. The first-order valence-electron chi connectivity index (χ1n) is 10.7. The van der Waals surface area contributed by atoms with Crippen LogP contribution in [0.3, 0.4) is 0 Å². The Morgan fingerprint density at radius 3 is 2.22 bits per heavy atom. The van der Waals surface area contributed by atoms with Crippen LogP contribution in [0.25, 0.3) is 0 Å². The molecule has 0 amide bonds. The van der Waals surface area contributed by atoms with Crippen molar-refractivity contribution < 1.29 is 26.7 Å². The SMILES string of the molecule is CC/C=C\CC1CCC(c2ccc(C(F)(F)Oc3cc(F)c(C#N)c(F)c3)c(F)c2)CC1. The Balaban J connectivity index is 1.71. The van der Waals surface area contributed by atoms with Gasteiger partial charge in [-0.15, -0.1) is 0 Å². The zero-order chi connectivity index (χ0) is 23.3. The minimum absolute atomic E-state index is 0.0983. The van der Waals surface area contributed by atoms with Gasteiger partial charge in [-0.25, -0.2) is 13.2 Å². The predicted molar refractivity (Wildman–Crippen MR) is 111 cm³/mol. The maximum atomic E-state index is 14.6. The van der Waals surface area contributed by atoms with Crippen LogP contribution in [0, 0.1) is 34.7 Å². The van der Waals surface area contributed by atoms with Crippen LogP contribution < -0.4 is 4.74 Å². The number of alkyl halides is 2. The van der Waals surface area contributed by atoms with Crippen LogP contribution in [0.4, 0.5) is 22.0 Å². The van der Waals surface area contributed by atoms with Gasteiger partial charge in [0.05, 0.1) is 5.56 Å². The largest absolute Gasteiger partial charge is 0.429 e. The van der Waals surface area contributed by atoms with Gasteiger partial charge < -0.3 is 4.74 Å². The second-order valence-electron chi connectivity index (χ2n) is 8.06. The van der Waals surface area contributed by atoms with E-state index >= 15 is 0 Å². The quantitative estimate of drug-likeness (QED) is 0.320. The molecule has 0 N–H and O–H groups in total. The Hall–Kier alpha value is -2.88. The molecule has 1 fully saturated rings. The van der Waals surface area contributed by atoms with Crippen molar-refractivity contribution in [2.75, 3.05) is 0 Å². The van der Waals surface area contributed by atoms with E-state index in [1.807, 2.05) is 0 Å². The van der Waals surface area contributed by atoms with Gasteiger partial charge in [0.15, 0.2) is 0 Å². The highest BCUT2D eigenvalue weighted by Gasteiger charge is 2.38. The molecule has 1 aliphatic rings. The molecule has 2 aromatic rings. The van der Waals surface area contributed by atoms with Crippen molar-refractivity contribution >= 4 is 0 Å². The van der Waals surface area contributed by atoms with Gasteiger partial charge in [0, 0.05) is 12.1 Å². The third-order valence-electron chi connectivity index (χ3n) is 5.87. The average Bonchev–Trinajstić information content (AvgIpc) is 2.73. The Labute approximate surface area is 184 Å². The summed E-state index contributed by atoms with van der Waals surface area (Å²) in [6.07, 6.45) is 5.92. The molecule has 0 atom stereocenters. The Morgan fingerprint density at radius 2 is 1.66 bits per heavy atom. The normalized spacial score (nSPS) is 19.2. The van der Waals surface area contributed by atoms with Crippen molar-refractivity contribution in [1.29, 1.82) is 5.26 Å². The number of hydrogen-bond donors (Lipinski definition) is 0. The molecule has 1 saturated carbocycles. The molecular weight excluding hydrogens is 425 g/mol. The number of nitriles is 1. The minimum Gasteiger partial charge on any atom is -0.429 e. The van der Waals surface area contributed by atoms with Crippen LogP contribution in [-0.2, 0) is 6.11 Å². The molecule has 0 saturated heterocycles. The first-order valence-corrected chi connectivity index (χ1v) is 10.7. The summed E-state index contributed by atoms with van der Waals surface area (Å²) in [5.41, 5.74) is -1.28. The Bertz CT molecular complexity index is 996. The van der Waals surface area contributed by atoms with Crippen molar-refractivity contribution in [3.05, 3.63) is 76.6 Å². The summed E-state index contributed by atoms with van der Waals surface area (Å²) in [5, 5.41) is 8.66. The number of ether oxygens (including phenoxy) is 1. The van der Waals surface area contributed by atoms with Crippen molar-refractivity contribution in [2.45, 2.75) is 57.5 Å². The van der Waals surface area contributed by atoms with Gasteiger partial charge in [-0.3, -0.25) is 0 Å². The monoisotopic (exact) mass is 449 g/mol. The standard InChI is InChI=1S/C25H24F5NO/c1-2-3-4-5-16-6-8-17(9-7-16)18-10-11-21(24(28)12-18)25(29,30)32-19-13-22(26)20(15-31)23(27)14-19/h3-4,10-14,16-17H,2,5-9H2,1H3/b4-3-. The van der Waals surface area contributed by atoms with Gasteiger partial charge in [-0.1, -0.05) is 25.1 Å². The minimum atomic E-state index is -4.15. The molecule has 0 aromatic heterocycles. The average molecular weight is 449 g/mol. The fraction of sp³-hybridized carbons (Fsp3) is 0.400. The van der Waals surface area contributed by atoms with E-state index in [4.69, 9.17) is 5.26 Å². The summed E-state index contributed by atoms with van der Waals surface area (Å²) in [4.78, 5) is 0. The first-order chi connectivity index (χ1) is 15.2. The molecule has 1 aliphatic carbocycles. The molecule has 3 rings (SSSR count). The fourth-order valence-electron chi connectivity index (χ4n) is 4.13. The van der Waals surface area contributed by atoms with Crippen molar-refractivity contribution in [3.8, 4) is 11.8 Å². The number of benzene rings is 2. The molecule has 0 bridgehead atoms. The summed E-state index contributed by atoms with van der Waals surface area (Å²) < 4.78 is 75.4. The number of nitrogens with zero attached hydrogens (tertiary/aromatic N) is 1. The Kier molecular flexibility index (Phi) is 7.55. The van der Waals surface area contributed by atoms with E-state index in [1.54, 1.807) is 0 Å². The molecule has 0 radical (unpaired) electrons. The lowest BCUT2D eigenvalue weighted by atomic mass is 9.77. The van der Waals surface area contributed by atoms with E-state index in [-0.39, 0.29) is 5.92 Å². The topological polar surface area (TPSA) is 33.0 Å². The van der Waals surface area contributed by atoms with E-state index in [0.29, 0.717) is 23.6 Å². The van der Waals surface area contributed by atoms with Crippen LogP contribution in [0.1, 0.15) is 68.1 Å². The van der Waals surface area contributed by atoms with Gasteiger partial charge in [0.1, 0.15) is 34.8 Å². The number of hydrogen-bond acceptors (Lipinski definition) is 2. The van der Waals surface area contributed by atoms with Crippen molar-refractivity contribution in [3.63, 3.8) is 0 Å². The van der Waals surface area contributed by atoms with Gasteiger partial charge in [-0.05, 0) is 68.1 Å². The summed E-state index contributed by atoms with van der Waals surface area (Å²) in [6.45, 7) is 2.08. The van der Waals surface area contributed by atoms with Crippen LogP contribution in [0.15, 0.2) is 42.5 Å². The molecule has 170 valence electrons. The molecule has 7 heteroatoms. The molecule has 32 heavy (non-hydrogen) atoms. The molecule has 0 aliphatic heterocycles. The lowest BCUT2D eigenvalue weighted by Crippen LogP contribution is -2.24. The summed E-state index contributed by atoms with van der Waals surface area (Å²) in [6, 6.07) is 5.73. The van der Waals surface area contributed by atoms with Gasteiger partial charge in [0.2, 0.25) is 0 Å². The summed E-state index contributed by atoms with van der Waals surface area (Å²) >= 11 is 0. The van der Waals surface area contributed by atoms with Gasteiger partial charge in [0.25, 0.3) is 0 Å². The Morgan fingerprint density at radius 1 is 1.00 bits per heavy atom. The number of rotatable bonds is 7. The number of halogens is 5. The van der Waals surface area contributed by atoms with Crippen LogP contribution in [-0.4, -0.2) is 0 Å². The third-order valence-corrected chi connectivity index (χ3v) is 5.87. The predicted octanol–water partition coefficient (Wildman–Crippen LogP) is 7.73. The molecule has 0 heterocycles. The van der Waals surface area contributed by atoms with E-state index in [0.717, 1.165) is 50.7 Å². The fourth-order valence-corrected chi connectivity index (χ4v) is 4.13. The maximum absolute atomic E-state index is 14.6. The highest BCUT2D eigenvalue weighted by Crippen LogP contribution is 2.40. The number of allylic oxidation sites excluding steroid dienone is 2. The van der Waals surface area contributed by atoms with Gasteiger partial charge in [-0.2, -0.15) is 14.0 Å². The van der Waals surface area contributed by atoms with Crippen molar-refractivity contribution in [1.82, 2.24) is 0 Å². The second kappa shape index (κ2) is 10.2. The van der Waals surface area contributed by atoms with E-state index in [9.17, 15) is 22.0 Å². The third kappa shape index (κ3) is 5.48. The highest BCUT2D eigenvalue weighted by molar-refractivity contribution is 5.38. The van der Waals surface area contributed by atoms with E-state index in [1.165, 1.54) is 12.1 Å². The molecule has 2 aromatic carbocycles. The van der Waals surface area contributed by atoms with Crippen LogP contribution in [0.5, 0.6) is 5.75 Å². The van der Waals surface area contributed by atoms with Gasteiger partial charge >= 0.3 is 6.11 Å². The van der Waals surface area contributed by atoms with Crippen LogP contribution in [0.2, 0.25) is 0 Å². The zero-order valence-corrected chi connectivity index (χ0v) is 17.7. The summed E-state index contributed by atoms with van der Waals surface area (Å²) in [5.74, 6) is -3.98. The molecule has 0 unspecified atom stereocenters. The lowest BCUT2D eigenvalue weighted by molar-refractivity contribution is -0.187. The van der Waals surface area contributed by atoms with E-state index < -0.39 is 40.4 Å². The summed E-state index contributed by atoms with van der Waals surface area (Å²) in [7, 11) is 0. The molecule has 0 spiro atoms. The molecule has 2 nitrogen and oxygen atoms in total. The smallest absolute Gasteiger partial charge is 0.429 e. The van der Waals surface area contributed by atoms with Crippen LogP contribution >= 0.6 is 0 Å². The second-order valence-corrected chi connectivity index (χ2v) is 8.06. The van der Waals surface area contributed by atoms with Crippen molar-refractivity contribution in [2.24, 2.45) is 5.92 Å².